The van der Waals surface area contributed by atoms with Crippen LogP contribution < -0.4 is 4.74 Å². The van der Waals surface area contributed by atoms with E-state index in [1.807, 2.05) is 31.2 Å². The zero-order valence-electron chi connectivity index (χ0n) is 16.3. The van der Waals surface area contributed by atoms with E-state index >= 15 is 0 Å². The van der Waals surface area contributed by atoms with Gasteiger partial charge in [-0.25, -0.2) is 0 Å². The third-order valence-corrected chi connectivity index (χ3v) is 5.41. The average Bonchev–Trinajstić information content (AvgIpc) is 3.30. The lowest BCUT2D eigenvalue weighted by Crippen LogP contribution is -2.31. The number of aliphatic hydroxyl groups is 1. The van der Waals surface area contributed by atoms with E-state index in [4.69, 9.17) is 4.74 Å². The Morgan fingerprint density at radius 2 is 1.96 bits per heavy atom. The lowest BCUT2D eigenvalue weighted by molar-refractivity contribution is -0.129. The first kappa shape index (κ1) is 20.1. The summed E-state index contributed by atoms with van der Waals surface area (Å²) < 4.78 is 5.73. The molecule has 0 aliphatic carbocycles. The number of benzene rings is 1. The SMILES string of the molecule is CCCN1C(=O)C(O)=C(C(=O)c2cccs2)C1c1ccc(OCC(C)C)cc1. The van der Waals surface area contributed by atoms with Gasteiger partial charge < -0.3 is 14.7 Å². The first-order chi connectivity index (χ1) is 13.4. The van der Waals surface area contributed by atoms with Gasteiger partial charge in [0.25, 0.3) is 5.91 Å². The quantitative estimate of drug-likeness (QED) is 0.649. The van der Waals surface area contributed by atoms with Crippen LogP contribution in [0.2, 0.25) is 0 Å². The Hall–Kier alpha value is -2.60. The highest BCUT2D eigenvalue weighted by Crippen LogP contribution is 2.40. The standard InChI is InChI=1S/C22H25NO4S/c1-4-11-23-19(15-7-9-16(10-8-15)27-13-14(2)3)18(21(25)22(23)26)20(24)17-6-5-12-28-17/h5-10,12,14,19,25H,4,11,13H2,1-3H3. The highest BCUT2D eigenvalue weighted by Gasteiger charge is 2.43. The summed E-state index contributed by atoms with van der Waals surface area (Å²) in [4.78, 5) is 27.8. The van der Waals surface area contributed by atoms with Gasteiger partial charge in [0.1, 0.15) is 5.75 Å². The molecule has 1 aliphatic rings. The van der Waals surface area contributed by atoms with Gasteiger partial charge in [-0.1, -0.05) is 39.0 Å². The molecule has 28 heavy (non-hydrogen) atoms. The summed E-state index contributed by atoms with van der Waals surface area (Å²) in [5.41, 5.74) is 0.930. The molecule has 1 atom stereocenters. The fraction of sp³-hybridized carbons (Fsp3) is 0.364. The molecule has 0 spiro atoms. The monoisotopic (exact) mass is 399 g/mol. The molecule has 0 radical (unpaired) electrons. The van der Waals surface area contributed by atoms with Crippen LogP contribution >= 0.6 is 11.3 Å². The van der Waals surface area contributed by atoms with Crippen LogP contribution in [0, 0.1) is 5.92 Å². The Morgan fingerprint density at radius 1 is 1.25 bits per heavy atom. The molecule has 1 aromatic heterocycles. The Morgan fingerprint density at radius 3 is 2.54 bits per heavy atom. The van der Waals surface area contributed by atoms with Crippen LogP contribution in [0.15, 0.2) is 53.1 Å². The van der Waals surface area contributed by atoms with Gasteiger partial charge in [0, 0.05) is 6.54 Å². The second-order valence-electron chi connectivity index (χ2n) is 7.24. The maximum atomic E-state index is 13.0. The summed E-state index contributed by atoms with van der Waals surface area (Å²) >= 11 is 1.30. The number of ether oxygens (including phenoxy) is 1. The van der Waals surface area contributed by atoms with Crippen molar-refractivity contribution in [1.82, 2.24) is 4.90 Å². The van der Waals surface area contributed by atoms with E-state index < -0.39 is 17.7 Å². The predicted octanol–water partition coefficient (Wildman–Crippen LogP) is 4.77. The van der Waals surface area contributed by atoms with E-state index in [1.165, 1.54) is 11.3 Å². The van der Waals surface area contributed by atoms with Gasteiger partial charge in [0.05, 0.1) is 23.1 Å². The number of hydrogen-bond donors (Lipinski definition) is 1. The summed E-state index contributed by atoms with van der Waals surface area (Å²) in [5, 5.41) is 12.3. The van der Waals surface area contributed by atoms with Gasteiger partial charge in [-0.15, -0.1) is 11.3 Å². The van der Waals surface area contributed by atoms with Gasteiger partial charge in [-0.2, -0.15) is 0 Å². The van der Waals surface area contributed by atoms with E-state index in [0.29, 0.717) is 23.9 Å². The molecule has 0 saturated carbocycles. The first-order valence-corrected chi connectivity index (χ1v) is 10.4. The molecule has 1 amide bonds. The Labute approximate surface area is 169 Å². The van der Waals surface area contributed by atoms with Crippen molar-refractivity contribution in [2.24, 2.45) is 5.92 Å². The summed E-state index contributed by atoms with van der Waals surface area (Å²) in [6, 6.07) is 10.3. The van der Waals surface area contributed by atoms with Gasteiger partial charge in [-0.3, -0.25) is 9.59 Å². The molecule has 148 valence electrons. The number of nitrogens with zero attached hydrogens (tertiary/aromatic N) is 1. The molecule has 1 unspecified atom stereocenters. The molecule has 3 rings (SSSR count). The molecular weight excluding hydrogens is 374 g/mol. The summed E-state index contributed by atoms with van der Waals surface area (Å²) in [5.74, 6) is -0.0845. The molecule has 0 fully saturated rings. The molecule has 1 N–H and O–H groups in total. The van der Waals surface area contributed by atoms with Crippen LogP contribution in [-0.2, 0) is 4.79 Å². The third-order valence-electron chi connectivity index (χ3n) is 4.54. The van der Waals surface area contributed by atoms with Crippen molar-refractivity contribution in [3.05, 3.63) is 63.6 Å². The fourth-order valence-corrected chi connectivity index (χ4v) is 3.93. The number of amides is 1. The molecule has 6 heteroatoms. The maximum absolute atomic E-state index is 13.0. The normalized spacial score (nSPS) is 16.9. The molecule has 1 aromatic carbocycles. The number of aliphatic hydroxyl groups excluding tert-OH is 1. The lowest BCUT2D eigenvalue weighted by atomic mass is 9.95. The smallest absolute Gasteiger partial charge is 0.290 e. The van der Waals surface area contributed by atoms with Gasteiger partial charge in [0.15, 0.2) is 5.76 Å². The second-order valence-corrected chi connectivity index (χ2v) is 8.19. The Kier molecular flexibility index (Phi) is 6.19. The van der Waals surface area contributed by atoms with Crippen molar-refractivity contribution in [2.75, 3.05) is 13.2 Å². The summed E-state index contributed by atoms with van der Waals surface area (Å²) in [7, 11) is 0. The van der Waals surface area contributed by atoms with Crippen LogP contribution in [0.4, 0.5) is 0 Å². The minimum absolute atomic E-state index is 0.150. The minimum atomic E-state index is -0.596. The molecular formula is C22H25NO4S. The van der Waals surface area contributed by atoms with Crippen molar-refractivity contribution >= 4 is 23.0 Å². The average molecular weight is 400 g/mol. The third kappa shape index (κ3) is 3.97. The largest absolute Gasteiger partial charge is 0.503 e. The number of Topliss-reactive ketones (excluding diaryl/α,β-unsaturated/α-hetero) is 1. The van der Waals surface area contributed by atoms with Crippen LogP contribution in [0.3, 0.4) is 0 Å². The zero-order valence-corrected chi connectivity index (χ0v) is 17.2. The molecule has 2 heterocycles. The van der Waals surface area contributed by atoms with Crippen LogP contribution in [-0.4, -0.2) is 34.8 Å². The minimum Gasteiger partial charge on any atom is -0.503 e. The number of ketones is 1. The Bertz CT molecular complexity index is 868. The van der Waals surface area contributed by atoms with E-state index in [1.54, 1.807) is 22.4 Å². The van der Waals surface area contributed by atoms with Gasteiger partial charge >= 0.3 is 0 Å². The highest BCUT2D eigenvalue weighted by atomic mass is 32.1. The maximum Gasteiger partial charge on any atom is 0.290 e. The number of carbonyl (C=O) groups is 2. The number of thiophene rings is 1. The van der Waals surface area contributed by atoms with Crippen LogP contribution in [0.5, 0.6) is 5.75 Å². The fourth-order valence-electron chi connectivity index (χ4n) is 3.25. The second kappa shape index (κ2) is 8.61. The van der Waals surface area contributed by atoms with E-state index in [-0.39, 0.29) is 11.4 Å². The van der Waals surface area contributed by atoms with E-state index in [2.05, 4.69) is 13.8 Å². The van der Waals surface area contributed by atoms with Crippen LogP contribution in [0.25, 0.3) is 0 Å². The van der Waals surface area contributed by atoms with E-state index in [9.17, 15) is 14.7 Å². The number of hydrogen-bond acceptors (Lipinski definition) is 5. The van der Waals surface area contributed by atoms with Crippen molar-refractivity contribution < 1.29 is 19.4 Å². The van der Waals surface area contributed by atoms with E-state index in [0.717, 1.165) is 17.7 Å². The highest BCUT2D eigenvalue weighted by molar-refractivity contribution is 7.12. The topological polar surface area (TPSA) is 66.8 Å². The summed E-state index contributed by atoms with van der Waals surface area (Å²) in [6.07, 6.45) is 0.728. The number of rotatable bonds is 8. The van der Waals surface area contributed by atoms with Gasteiger partial charge in [0.2, 0.25) is 5.78 Å². The van der Waals surface area contributed by atoms with Crippen molar-refractivity contribution in [3.8, 4) is 5.75 Å². The van der Waals surface area contributed by atoms with Crippen molar-refractivity contribution in [1.29, 1.82) is 0 Å². The zero-order chi connectivity index (χ0) is 20.3. The van der Waals surface area contributed by atoms with Crippen molar-refractivity contribution in [2.45, 2.75) is 33.2 Å². The molecule has 0 bridgehead atoms. The molecule has 5 nitrogen and oxygen atoms in total. The Balaban J connectivity index is 1.96. The molecule has 1 aliphatic heterocycles. The molecule has 0 saturated heterocycles. The van der Waals surface area contributed by atoms with Crippen LogP contribution in [0.1, 0.15) is 48.5 Å². The number of carbonyl (C=O) groups excluding carboxylic acids is 2. The lowest BCUT2D eigenvalue weighted by Gasteiger charge is -2.26. The summed E-state index contributed by atoms with van der Waals surface area (Å²) in [6.45, 7) is 7.20. The van der Waals surface area contributed by atoms with Gasteiger partial charge in [-0.05, 0) is 41.5 Å². The first-order valence-electron chi connectivity index (χ1n) is 9.49. The molecule has 2 aromatic rings. The predicted molar refractivity (Wildman–Crippen MR) is 110 cm³/mol. The van der Waals surface area contributed by atoms with Crippen molar-refractivity contribution in [3.63, 3.8) is 0 Å².